The summed E-state index contributed by atoms with van der Waals surface area (Å²) in [7, 11) is 2.85. The summed E-state index contributed by atoms with van der Waals surface area (Å²) < 4.78 is 16.3. The molecule has 152 valence electrons. The molecule has 0 spiro atoms. The molecule has 1 atom stereocenters. The van der Waals surface area contributed by atoms with Crippen LogP contribution in [0.25, 0.3) is 0 Å². The van der Waals surface area contributed by atoms with Crippen molar-refractivity contribution >= 4 is 12.0 Å². The molecule has 2 aromatic rings. The van der Waals surface area contributed by atoms with Gasteiger partial charge in [0.05, 0.1) is 25.8 Å². The van der Waals surface area contributed by atoms with Crippen LogP contribution in [0.3, 0.4) is 0 Å². The van der Waals surface area contributed by atoms with Crippen LogP contribution in [0.15, 0.2) is 53.7 Å². The predicted octanol–water partition coefficient (Wildman–Crippen LogP) is 3.38. The summed E-state index contributed by atoms with van der Waals surface area (Å²) in [4.78, 5) is 24.2. The molecule has 0 aliphatic carbocycles. The minimum absolute atomic E-state index is 0.336. The highest BCUT2D eigenvalue weighted by Gasteiger charge is 2.32. The summed E-state index contributed by atoms with van der Waals surface area (Å²) in [5.41, 5.74) is 3.69. The lowest BCUT2D eigenvalue weighted by Crippen LogP contribution is -2.45. The zero-order valence-corrected chi connectivity index (χ0v) is 16.9. The van der Waals surface area contributed by atoms with Crippen molar-refractivity contribution in [3.05, 3.63) is 70.4 Å². The van der Waals surface area contributed by atoms with E-state index in [1.54, 1.807) is 32.2 Å². The largest absolute Gasteiger partial charge is 0.493 e. The van der Waals surface area contributed by atoms with E-state index >= 15 is 0 Å². The molecule has 0 aromatic heterocycles. The number of hydrogen-bond acceptors (Lipinski definition) is 5. The van der Waals surface area contributed by atoms with Gasteiger partial charge in [0.25, 0.3) is 0 Å². The van der Waals surface area contributed by atoms with E-state index in [0.717, 1.165) is 5.56 Å². The van der Waals surface area contributed by atoms with Crippen LogP contribution in [0.5, 0.6) is 11.5 Å². The summed E-state index contributed by atoms with van der Waals surface area (Å²) in [6, 6.07) is 12.3. The van der Waals surface area contributed by atoms with Gasteiger partial charge in [0.1, 0.15) is 6.61 Å². The Bertz CT molecular complexity index is 950. The zero-order valence-electron chi connectivity index (χ0n) is 16.9. The number of nitrogens with one attached hydrogen (secondary N) is 2. The Hall–Kier alpha value is -3.48. The monoisotopic (exact) mass is 396 g/mol. The van der Waals surface area contributed by atoms with Crippen LogP contribution in [0.4, 0.5) is 4.79 Å². The van der Waals surface area contributed by atoms with Gasteiger partial charge in [0.2, 0.25) is 0 Å². The van der Waals surface area contributed by atoms with E-state index in [2.05, 4.69) is 10.6 Å². The Balaban J connectivity index is 1.87. The van der Waals surface area contributed by atoms with Crippen LogP contribution in [-0.2, 0) is 16.1 Å². The molecule has 0 saturated carbocycles. The highest BCUT2D eigenvalue weighted by molar-refractivity contribution is 5.95. The predicted molar refractivity (Wildman–Crippen MR) is 108 cm³/mol. The van der Waals surface area contributed by atoms with Gasteiger partial charge in [-0.15, -0.1) is 0 Å². The molecule has 1 heterocycles. The molecule has 1 unspecified atom stereocenters. The average molecular weight is 396 g/mol. The number of aryl methyl sites for hydroxylation is 1. The van der Waals surface area contributed by atoms with Crippen molar-refractivity contribution in [2.24, 2.45) is 0 Å². The normalized spacial score (nSPS) is 16.0. The molecule has 1 aliphatic rings. The number of esters is 1. The van der Waals surface area contributed by atoms with Gasteiger partial charge in [-0.25, -0.2) is 9.59 Å². The molecule has 3 rings (SSSR count). The number of rotatable bonds is 6. The van der Waals surface area contributed by atoms with Gasteiger partial charge in [-0.3, -0.25) is 0 Å². The number of methoxy groups -OCH3 is 2. The number of benzene rings is 2. The Morgan fingerprint density at radius 1 is 1.03 bits per heavy atom. The number of amides is 2. The molecular formula is C22H24N2O5. The number of carbonyl (C=O) groups excluding carboxylic acids is 2. The van der Waals surface area contributed by atoms with Crippen LogP contribution in [0.2, 0.25) is 0 Å². The molecule has 0 bridgehead atoms. The molecular weight excluding hydrogens is 372 g/mol. The summed E-state index contributed by atoms with van der Waals surface area (Å²) >= 11 is 0. The standard InChI is InChI=1S/C22H24N2O5/c1-13-5-7-15(8-6-13)12-29-17-10-9-16(11-18(17)27-3)20-19(21(25)28-4)14(2)23-22(26)24-20/h5-11,20H,12H2,1-4H3,(H2,23,24,26). The van der Waals surface area contributed by atoms with Crippen LogP contribution in [0, 0.1) is 6.92 Å². The van der Waals surface area contributed by atoms with Crippen molar-refractivity contribution in [3.63, 3.8) is 0 Å². The third-order valence-electron chi connectivity index (χ3n) is 4.71. The van der Waals surface area contributed by atoms with Crippen molar-refractivity contribution in [1.82, 2.24) is 10.6 Å². The lowest BCUT2D eigenvalue weighted by molar-refractivity contribution is -0.136. The fourth-order valence-electron chi connectivity index (χ4n) is 3.15. The Labute approximate surface area is 169 Å². The van der Waals surface area contributed by atoms with E-state index in [0.29, 0.717) is 34.9 Å². The van der Waals surface area contributed by atoms with Crippen LogP contribution in [-0.4, -0.2) is 26.2 Å². The minimum Gasteiger partial charge on any atom is -0.493 e. The number of hydrogen-bond donors (Lipinski definition) is 2. The van der Waals surface area contributed by atoms with Crippen LogP contribution >= 0.6 is 0 Å². The second-order valence-electron chi connectivity index (χ2n) is 6.75. The maximum atomic E-state index is 12.2. The molecule has 0 fully saturated rings. The van der Waals surface area contributed by atoms with Gasteiger partial charge < -0.3 is 24.8 Å². The van der Waals surface area contributed by atoms with Gasteiger partial charge in [-0.05, 0) is 37.1 Å². The first-order valence-electron chi connectivity index (χ1n) is 9.15. The third kappa shape index (κ3) is 4.51. The van der Waals surface area contributed by atoms with E-state index in [1.807, 2.05) is 31.2 Å². The van der Waals surface area contributed by atoms with Crippen LogP contribution < -0.4 is 20.1 Å². The number of urea groups is 1. The second-order valence-corrected chi connectivity index (χ2v) is 6.75. The molecule has 1 aliphatic heterocycles. The molecule has 0 saturated heterocycles. The first-order valence-corrected chi connectivity index (χ1v) is 9.15. The fraction of sp³-hybridized carbons (Fsp3) is 0.273. The van der Waals surface area contributed by atoms with E-state index in [9.17, 15) is 9.59 Å². The van der Waals surface area contributed by atoms with Crippen molar-refractivity contribution in [1.29, 1.82) is 0 Å². The van der Waals surface area contributed by atoms with E-state index in [4.69, 9.17) is 14.2 Å². The first-order chi connectivity index (χ1) is 13.9. The Kier molecular flexibility index (Phi) is 6.07. The Morgan fingerprint density at radius 2 is 1.76 bits per heavy atom. The van der Waals surface area contributed by atoms with Gasteiger partial charge >= 0.3 is 12.0 Å². The third-order valence-corrected chi connectivity index (χ3v) is 4.71. The first kappa shape index (κ1) is 20.3. The summed E-state index contributed by atoms with van der Waals surface area (Å²) in [5.74, 6) is 0.556. The van der Waals surface area contributed by atoms with Crippen molar-refractivity contribution < 1.29 is 23.8 Å². The second kappa shape index (κ2) is 8.68. The molecule has 2 amide bonds. The summed E-state index contributed by atoms with van der Waals surface area (Å²) in [6.45, 7) is 4.09. The highest BCUT2D eigenvalue weighted by Crippen LogP contribution is 2.34. The van der Waals surface area contributed by atoms with Crippen molar-refractivity contribution in [2.45, 2.75) is 26.5 Å². The molecule has 2 aromatic carbocycles. The van der Waals surface area contributed by atoms with Gasteiger partial charge in [-0.1, -0.05) is 35.9 Å². The average Bonchev–Trinajstić information content (AvgIpc) is 2.72. The summed E-state index contributed by atoms with van der Waals surface area (Å²) in [5, 5.41) is 5.36. The number of ether oxygens (including phenoxy) is 3. The molecule has 29 heavy (non-hydrogen) atoms. The number of carbonyl (C=O) groups is 2. The van der Waals surface area contributed by atoms with Gasteiger partial charge in [0, 0.05) is 5.70 Å². The molecule has 2 N–H and O–H groups in total. The Morgan fingerprint density at radius 3 is 2.41 bits per heavy atom. The maximum absolute atomic E-state index is 12.2. The summed E-state index contributed by atoms with van der Waals surface area (Å²) in [6.07, 6.45) is 0. The molecule has 7 nitrogen and oxygen atoms in total. The minimum atomic E-state index is -0.656. The quantitative estimate of drug-likeness (QED) is 0.731. The smallest absolute Gasteiger partial charge is 0.337 e. The molecule has 0 radical (unpaired) electrons. The zero-order chi connectivity index (χ0) is 21.0. The highest BCUT2D eigenvalue weighted by atomic mass is 16.5. The lowest BCUT2D eigenvalue weighted by atomic mass is 9.95. The lowest BCUT2D eigenvalue weighted by Gasteiger charge is -2.28. The van der Waals surface area contributed by atoms with Gasteiger partial charge in [0.15, 0.2) is 11.5 Å². The van der Waals surface area contributed by atoms with Crippen LogP contribution in [0.1, 0.15) is 29.7 Å². The van der Waals surface area contributed by atoms with Gasteiger partial charge in [-0.2, -0.15) is 0 Å². The maximum Gasteiger partial charge on any atom is 0.337 e. The van der Waals surface area contributed by atoms with E-state index in [-0.39, 0.29) is 6.03 Å². The number of allylic oxidation sites excluding steroid dienone is 1. The van der Waals surface area contributed by atoms with E-state index in [1.165, 1.54) is 12.7 Å². The molecule has 7 heteroatoms. The van der Waals surface area contributed by atoms with Crippen molar-refractivity contribution in [3.8, 4) is 11.5 Å². The SMILES string of the molecule is COC(=O)C1=C(C)NC(=O)NC1c1ccc(OCc2ccc(C)cc2)c(OC)c1. The fourth-order valence-corrected chi connectivity index (χ4v) is 3.15. The topological polar surface area (TPSA) is 85.9 Å². The van der Waals surface area contributed by atoms with E-state index < -0.39 is 12.0 Å². The van der Waals surface area contributed by atoms with Crippen molar-refractivity contribution in [2.75, 3.05) is 14.2 Å².